The first-order valence-corrected chi connectivity index (χ1v) is 16.9. The van der Waals surface area contributed by atoms with Gasteiger partial charge in [0.2, 0.25) is 11.8 Å². The van der Waals surface area contributed by atoms with Gasteiger partial charge in [-0.2, -0.15) is 0 Å². The van der Waals surface area contributed by atoms with Gasteiger partial charge >= 0.3 is 0 Å². The molecule has 1 aliphatic rings. The van der Waals surface area contributed by atoms with Crippen LogP contribution < -0.4 is 5.32 Å². The zero-order valence-electron chi connectivity index (χ0n) is 25.2. The van der Waals surface area contributed by atoms with Crippen molar-refractivity contribution in [3.63, 3.8) is 0 Å². The van der Waals surface area contributed by atoms with Crippen LogP contribution in [0.15, 0.2) is 83.8 Å². The SMILES string of the molecule is CCN(C(=O)Cc1ccc(S(C)(=O)=O)cc1)C1CCN(CC[C@H](NC(=O)C(C)c2ccc(F)cc2)c2ccccc2)CC1. The van der Waals surface area contributed by atoms with Gasteiger partial charge < -0.3 is 15.1 Å². The number of sulfone groups is 1. The van der Waals surface area contributed by atoms with E-state index in [0.717, 1.165) is 55.6 Å². The first-order valence-electron chi connectivity index (χ1n) is 15.0. The number of carbonyl (C=O) groups is 2. The topological polar surface area (TPSA) is 86.8 Å². The van der Waals surface area contributed by atoms with Gasteiger partial charge in [0.1, 0.15) is 5.82 Å². The lowest BCUT2D eigenvalue weighted by molar-refractivity contribution is -0.133. The van der Waals surface area contributed by atoms with E-state index >= 15 is 0 Å². The molecule has 3 aromatic carbocycles. The lowest BCUT2D eigenvalue weighted by atomic mass is 9.97. The third kappa shape index (κ3) is 8.97. The van der Waals surface area contributed by atoms with Gasteiger partial charge in [0.25, 0.3) is 0 Å². The monoisotopic (exact) mass is 607 g/mol. The molecular weight excluding hydrogens is 565 g/mol. The summed E-state index contributed by atoms with van der Waals surface area (Å²) in [7, 11) is -3.27. The van der Waals surface area contributed by atoms with Crippen molar-refractivity contribution in [3.8, 4) is 0 Å². The molecule has 1 saturated heterocycles. The maximum absolute atomic E-state index is 13.4. The zero-order chi connectivity index (χ0) is 31.0. The lowest BCUT2D eigenvalue weighted by Crippen LogP contribution is -2.48. The maximum atomic E-state index is 13.4. The summed E-state index contributed by atoms with van der Waals surface area (Å²) in [4.78, 5) is 31.0. The van der Waals surface area contributed by atoms with Crippen molar-refractivity contribution in [3.05, 3.63) is 101 Å². The number of amides is 2. The molecule has 1 aliphatic heterocycles. The Balaban J connectivity index is 1.31. The summed E-state index contributed by atoms with van der Waals surface area (Å²) in [6.07, 6.45) is 3.91. The highest BCUT2D eigenvalue weighted by Gasteiger charge is 2.28. The van der Waals surface area contributed by atoms with Crippen LogP contribution in [0.1, 0.15) is 61.8 Å². The Morgan fingerprint density at radius 1 is 0.953 bits per heavy atom. The summed E-state index contributed by atoms with van der Waals surface area (Å²) < 4.78 is 36.9. The fourth-order valence-corrected chi connectivity index (χ4v) is 6.37. The normalized spacial score (nSPS) is 15.9. The third-order valence-electron chi connectivity index (χ3n) is 8.38. The van der Waals surface area contributed by atoms with Crippen molar-refractivity contribution in [2.24, 2.45) is 0 Å². The van der Waals surface area contributed by atoms with Gasteiger partial charge in [-0.1, -0.05) is 54.6 Å². The Bertz CT molecular complexity index is 1460. The van der Waals surface area contributed by atoms with Crippen LogP contribution in [0.4, 0.5) is 4.39 Å². The predicted octanol–water partition coefficient (Wildman–Crippen LogP) is 5.14. The highest BCUT2D eigenvalue weighted by molar-refractivity contribution is 7.90. The van der Waals surface area contributed by atoms with Crippen LogP contribution in [0.5, 0.6) is 0 Å². The average Bonchev–Trinajstić information content (AvgIpc) is 3.00. The summed E-state index contributed by atoms with van der Waals surface area (Å²) in [6.45, 7) is 6.99. The number of piperidine rings is 1. The van der Waals surface area contributed by atoms with Crippen molar-refractivity contribution in [2.45, 2.75) is 62.4 Å². The summed E-state index contributed by atoms with van der Waals surface area (Å²) in [5.74, 6) is -0.773. The fourth-order valence-electron chi connectivity index (χ4n) is 5.74. The molecule has 1 N–H and O–H groups in total. The Hall–Kier alpha value is -3.56. The summed E-state index contributed by atoms with van der Waals surface area (Å²) in [6, 6.07) is 22.6. The predicted molar refractivity (Wildman–Crippen MR) is 167 cm³/mol. The number of carbonyl (C=O) groups excluding carboxylic acids is 2. The van der Waals surface area contributed by atoms with E-state index in [9.17, 15) is 22.4 Å². The van der Waals surface area contributed by atoms with Crippen LogP contribution in [0, 0.1) is 5.82 Å². The van der Waals surface area contributed by atoms with Crippen LogP contribution in [0.2, 0.25) is 0 Å². The number of halogens is 1. The van der Waals surface area contributed by atoms with Crippen molar-refractivity contribution < 1.29 is 22.4 Å². The zero-order valence-corrected chi connectivity index (χ0v) is 26.0. The van der Waals surface area contributed by atoms with E-state index in [-0.39, 0.29) is 41.0 Å². The van der Waals surface area contributed by atoms with E-state index in [1.807, 2.05) is 49.1 Å². The molecule has 7 nitrogen and oxygen atoms in total. The molecule has 0 saturated carbocycles. The standard InChI is InChI=1S/C34H42FN3O4S/c1-4-38(33(39)24-26-10-16-31(17-11-26)43(3,41)42)30-18-21-37(22-19-30)23-20-32(28-8-6-5-7-9-28)36-34(40)25(2)27-12-14-29(35)15-13-27/h5-17,25,30,32H,4,18-24H2,1-3H3,(H,36,40)/t25?,32-/m0/s1. The Morgan fingerprint density at radius 3 is 2.16 bits per heavy atom. The summed E-state index contributed by atoms with van der Waals surface area (Å²) in [5, 5.41) is 3.23. The Labute approximate surface area is 255 Å². The van der Waals surface area contributed by atoms with Gasteiger partial charge in [0.15, 0.2) is 9.84 Å². The number of hydrogen-bond acceptors (Lipinski definition) is 5. The molecule has 4 rings (SSSR count). The number of hydrogen-bond donors (Lipinski definition) is 1. The molecule has 0 spiro atoms. The van der Waals surface area contributed by atoms with Gasteiger partial charge in [0.05, 0.1) is 23.3 Å². The molecule has 0 bridgehead atoms. The minimum atomic E-state index is -3.27. The van der Waals surface area contributed by atoms with E-state index < -0.39 is 15.8 Å². The molecule has 1 fully saturated rings. The molecule has 9 heteroatoms. The second kappa shape index (κ2) is 14.8. The van der Waals surface area contributed by atoms with Crippen molar-refractivity contribution >= 4 is 21.7 Å². The number of likely N-dealkylation sites (tertiary alicyclic amines) is 1. The van der Waals surface area contributed by atoms with Gasteiger partial charge in [-0.05, 0) is 74.1 Å². The van der Waals surface area contributed by atoms with Gasteiger partial charge in [0, 0.05) is 38.5 Å². The van der Waals surface area contributed by atoms with Gasteiger partial charge in [-0.15, -0.1) is 0 Å². The van der Waals surface area contributed by atoms with Crippen LogP contribution in [0.3, 0.4) is 0 Å². The van der Waals surface area contributed by atoms with Crippen molar-refractivity contribution in [2.75, 3.05) is 32.4 Å². The number of nitrogens with zero attached hydrogens (tertiary/aromatic N) is 2. The first-order chi connectivity index (χ1) is 20.5. The van der Waals surface area contributed by atoms with E-state index in [4.69, 9.17) is 0 Å². The first kappa shape index (κ1) is 32.4. The number of nitrogens with one attached hydrogen (secondary N) is 1. The second-order valence-corrected chi connectivity index (χ2v) is 13.4. The third-order valence-corrected chi connectivity index (χ3v) is 9.51. The largest absolute Gasteiger partial charge is 0.349 e. The number of likely N-dealkylation sites (N-methyl/N-ethyl adjacent to an activating group) is 1. The summed E-state index contributed by atoms with van der Waals surface area (Å²) in [5.41, 5.74) is 2.62. The van der Waals surface area contributed by atoms with E-state index in [1.54, 1.807) is 36.4 Å². The van der Waals surface area contributed by atoms with Crippen molar-refractivity contribution in [1.29, 1.82) is 0 Å². The molecule has 0 radical (unpaired) electrons. The van der Waals surface area contributed by atoms with Crippen LogP contribution in [0.25, 0.3) is 0 Å². The van der Waals surface area contributed by atoms with Crippen LogP contribution in [-0.2, 0) is 25.8 Å². The molecule has 2 amide bonds. The van der Waals surface area contributed by atoms with Crippen LogP contribution in [-0.4, -0.2) is 68.5 Å². The Morgan fingerprint density at radius 2 is 1.58 bits per heavy atom. The van der Waals surface area contributed by atoms with E-state index in [2.05, 4.69) is 10.2 Å². The second-order valence-electron chi connectivity index (χ2n) is 11.4. The van der Waals surface area contributed by atoms with Gasteiger partial charge in [-0.25, -0.2) is 12.8 Å². The van der Waals surface area contributed by atoms with E-state index in [0.29, 0.717) is 6.54 Å². The molecule has 0 aromatic heterocycles. The van der Waals surface area contributed by atoms with Crippen LogP contribution >= 0.6 is 0 Å². The number of benzene rings is 3. The van der Waals surface area contributed by atoms with Crippen molar-refractivity contribution in [1.82, 2.24) is 15.1 Å². The molecule has 0 aliphatic carbocycles. The maximum Gasteiger partial charge on any atom is 0.227 e. The lowest BCUT2D eigenvalue weighted by Gasteiger charge is -2.38. The molecule has 2 atom stereocenters. The molecule has 3 aromatic rings. The molecule has 1 heterocycles. The molecule has 230 valence electrons. The highest BCUT2D eigenvalue weighted by Crippen LogP contribution is 2.24. The molecule has 1 unspecified atom stereocenters. The summed E-state index contributed by atoms with van der Waals surface area (Å²) >= 11 is 0. The fraction of sp³-hybridized carbons (Fsp3) is 0.412. The Kier molecular flexibility index (Phi) is 11.1. The highest BCUT2D eigenvalue weighted by atomic mass is 32.2. The average molecular weight is 608 g/mol. The minimum Gasteiger partial charge on any atom is -0.349 e. The minimum absolute atomic E-state index is 0.0511. The molecule has 43 heavy (non-hydrogen) atoms. The van der Waals surface area contributed by atoms with Gasteiger partial charge in [-0.3, -0.25) is 9.59 Å². The quantitative estimate of drug-likeness (QED) is 0.308. The molecular formula is C34H42FN3O4S. The smallest absolute Gasteiger partial charge is 0.227 e. The van der Waals surface area contributed by atoms with E-state index in [1.165, 1.54) is 18.4 Å². The number of rotatable bonds is 12.